The number of nitrogens with one attached hydrogen (secondary N) is 3. The summed E-state index contributed by atoms with van der Waals surface area (Å²) < 4.78 is 13.9. The van der Waals surface area contributed by atoms with Gasteiger partial charge in [-0.3, -0.25) is 9.59 Å². The number of thiophene rings is 1. The number of hydrogen-bond acceptors (Lipinski definition) is 4. The Labute approximate surface area is 147 Å². The molecule has 1 unspecified atom stereocenters. The Balaban J connectivity index is 2.10. The molecule has 0 saturated heterocycles. The molecule has 0 spiro atoms. The number of amides is 4. The van der Waals surface area contributed by atoms with Crippen LogP contribution < -0.4 is 21.7 Å². The minimum absolute atomic E-state index is 0.0692. The van der Waals surface area contributed by atoms with Crippen LogP contribution in [0.15, 0.2) is 35.7 Å². The standard InChI is InChI=1S/C16H17FN4O3S/c1-9(22)19-10-4-5-11(17)12(7-10)20-15(23)8-13(21-16(18)24)14-3-2-6-25-14/h2-7,13H,8H2,1H3,(H,19,22)(H,20,23)(H3,18,21,24). The molecule has 132 valence electrons. The van der Waals surface area contributed by atoms with Crippen LogP contribution >= 0.6 is 11.3 Å². The monoisotopic (exact) mass is 364 g/mol. The molecule has 1 atom stereocenters. The summed E-state index contributed by atoms with van der Waals surface area (Å²) in [5.41, 5.74) is 5.43. The highest BCUT2D eigenvalue weighted by atomic mass is 32.1. The second-order valence-corrected chi connectivity index (χ2v) is 6.18. The van der Waals surface area contributed by atoms with Gasteiger partial charge in [0, 0.05) is 17.5 Å². The lowest BCUT2D eigenvalue weighted by molar-refractivity contribution is -0.116. The van der Waals surface area contributed by atoms with E-state index in [9.17, 15) is 18.8 Å². The average molecular weight is 364 g/mol. The second kappa shape index (κ2) is 8.25. The van der Waals surface area contributed by atoms with Crippen LogP contribution in [0.25, 0.3) is 0 Å². The third-order valence-electron chi connectivity index (χ3n) is 3.15. The number of benzene rings is 1. The Morgan fingerprint density at radius 2 is 2.00 bits per heavy atom. The van der Waals surface area contributed by atoms with Crippen LogP contribution in [-0.4, -0.2) is 17.8 Å². The first-order chi connectivity index (χ1) is 11.8. The molecule has 7 nitrogen and oxygen atoms in total. The van der Waals surface area contributed by atoms with Crippen molar-refractivity contribution >= 4 is 40.6 Å². The highest BCUT2D eigenvalue weighted by Gasteiger charge is 2.19. The number of hydrogen-bond donors (Lipinski definition) is 4. The van der Waals surface area contributed by atoms with Crippen molar-refractivity contribution in [2.75, 3.05) is 10.6 Å². The van der Waals surface area contributed by atoms with Crippen molar-refractivity contribution in [2.24, 2.45) is 5.73 Å². The molecule has 0 aliphatic rings. The summed E-state index contributed by atoms with van der Waals surface area (Å²) in [6, 6.07) is 6.01. The van der Waals surface area contributed by atoms with Gasteiger partial charge in [-0.15, -0.1) is 11.3 Å². The minimum Gasteiger partial charge on any atom is -0.352 e. The number of anilines is 2. The van der Waals surface area contributed by atoms with E-state index in [0.717, 1.165) is 10.9 Å². The van der Waals surface area contributed by atoms with Gasteiger partial charge in [-0.2, -0.15) is 0 Å². The SMILES string of the molecule is CC(=O)Nc1ccc(F)c(NC(=O)CC(NC(N)=O)c2cccs2)c1. The Morgan fingerprint density at radius 3 is 2.60 bits per heavy atom. The van der Waals surface area contributed by atoms with Crippen molar-refractivity contribution in [3.8, 4) is 0 Å². The molecule has 4 amide bonds. The summed E-state index contributed by atoms with van der Waals surface area (Å²) in [6.07, 6.45) is -0.118. The topological polar surface area (TPSA) is 113 Å². The van der Waals surface area contributed by atoms with E-state index in [2.05, 4.69) is 16.0 Å². The fourth-order valence-corrected chi connectivity index (χ4v) is 2.95. The predicted molar refractivity (Wildman–Crippen MR) is 93.7 cm³/mol. The van der Waals surface area contributed by atoms with Gasteiger partial charge >= 0.3 is 6.03 Å². The summed E-state index contributed by atoms with van der Waals surface area (Å²) in [5.74, 6) is -1.46. The zero-order valence-electron chi connectivity index (χ0n) is 13.3. The maximum Gasteiger partial charge on any atom is 0.312 e. The van der Waals surface area contributed by atoms with Gasteiger partial charge in [-0.1, -0.05) is 6.07 Å². The van der Waals surface area contributed by atoms with Gasteiger partial charge in [-0.25, -0.2) is 9.18 Å². The molecular formula is C16H17FN4O3S. The predicted octanol–water partition coefficient (Wildman–Crippen LogP) is 2.58. The second-order valence-electron chi connectivity index (χ2n) is 5.20. The molecule has 25 heavy (non-hydrogen) atoms. The highest BCUT2D eigenvalue weighted by Crippen LogP contribution is 2.24. The van der Waals surface area contributed by atoms with Crippen molar-refractivity contribution < 1.29 is 18.8 Å². The quantitative estimate of drug-likeness (QED) is 0.632. The molecule has 5 N–H and O–H groups in total. The zero-order chi connectivity index (χ0) is 18.4. The molecule has 0 aliphatic heterocycles. The Kier molecular flexibility index (Phi) is 6.07. The molecule has 1 aromatic heterocycles. The third kappa shape index (κ3) is 5.57. The van der Waals surface area contributed by atoms with Crippen molar-refractivity contribution in [1.29, 1.82) is 0 Å². The number of nitrogens with two attached hydrogens (primary N) is 1. The number of halogens is 1. The van der Waals surface area contributed by atoms with Gasteiger partial charge < -0.3 is 21.7 Å². The van der Waals surface area contributed by atoms with E-state index >= 15 is 0 Å². The number of primary amides is 1. The Morgan fingerprint density at radius 1 is 1.24 bits per heavy atom. The fourth-order valence-electron chi connectivity index (χ4n) is 2.17. The van der Waals surface area contributed by atoms with E-state index < -0.39 is 23.8 Å². The van der Waals surface area contributed by atoms with E-state index in [1.807, 2.05) is 0 Å². The van der Waals surface area contributed by atoms with E-state index in [1.165, 1.54) is 30.4 Å². The molecule has 1 aromatic carbocycles. The summed E-state index contributed by atoms with van der Waals surface area (Å²) in [5, 5.41) is 9.24. The van der Waals surface area contributed by atoms with Crippen molar-refractivity contribution in [3.05, 3.63) is 46.4 Å². The van der Waals surface area contributed by atoms with Gasteiger partial charge in [-0.05, 0) is 29.6 Å². The number of rotatable bonds is 6. The number of urea groups is 1. The van der Waals surface area contributed by atoms with E-state index in [-0.39, 0.29) is 18.0 Å². The molecule has 2 aromatic rings. The van der Waals surface area contributed by atoms with Gasteiger partial charge in [0.2, 0.25) is 11.8 Å². The first-order valence-corrected chi connectivity index (χ1v) is 8.19. The molecule has 0 fully saturated rings. The summed E-state index contributed by atoms with van der Waals surface area (Å²) >= 11 is 1.36. The smallest absolute Gasteiger partial charge is 0.312 e. The van der Waals surface area contributed by atoms with E-state index in [1.54, 1.807) is 17.5 Å². The lowest BCUT2D eigenvalue weighted by Crippen LogP contribution is -2.34. The van der Waals surface area contributed by atoms with Crippen LogP contribution in [0.5, 0.6) is 0 Å². The third-order valence-corrected chi connectivity index (χ3v) is 4.14. The van der Waals surface area contributed by atoms with Crippen LogP contribution in [-0.2, 0) is 9.59 Å². The van der Waals surface area contributed by atoms with Gasteiger partial charge in [0.25, 0.3) is 0 Å². The summed E-state index contributed by atoms with van der Waals surface area (Å²) in [6.45, 7) is 1.32. The van der Waals surface area contributed by atoms with Crippen molar-refractivity contribution in [1.82, 2.24) is 5.32 Å². The maximum absolute atomic E-state index is 13.9. The van der Waals surface area contributed by atoms with Crippen LogP contribution in [0.3, 0.4) is 0 Å². The maximum atomic E-state index is 13.9. The summed E-state index contributed by atoms with van der Waals surface area (Å²) in [7, 11) is 0. The van der Waals surface area contributed by atoms with Crippen LogP contribution in [0, 0.1) is 5.82 Å². The molecule has 0 saturated carbocycles. The van der Waals surface area contributed by atoms with Crippen molar-refractivity contribution in [2.45, 2.75) is 19.4 Å². The van der Waals surface area contributed by atoms with Crippen LogP contribution in [0.2, 0.25) is 0 Å². The molecule has 0 aliphatic carbocycles. The molecule has 9 heteroatoms. The zero-order valence-corrected chi connectivity index (χ0v) is 14.2. The lowest BCUT2D eigenvalue weighted by atomic mass is 10.1. The minimum atomic E-state index is -0.759. The fraction of sp³-hybridized carbons (Fsp3) is 0.188. The van der Waals surface area contributed by atoms with Crippen LogP contribution in [0.4, 0.5) is 20.6 Å². The van der Waals surface area contributed by atoms with Gasteiger partial charge in [0.15, 0.2) is 0 Å². The molecule has 2 rings (SSSR count). The van der Waals surface area contributed by atoms with E-state index in [0.29, 0.717) is 5.69 Å². The Hall–Kier alpha value is -2.94. The number of carbonyl (C=O) groups excluding carboxylic acids is 3. The normalized spacial score (nSPS) is 11.4. The first-order valence-electron chi connectivity index (χ1n) is 7.31. The van der Waals surface area contributed by atoms with E-state index in [4.69, 9.17) is 5.73 Å². The summed E-state index contributed by atoms with van der Waals surface area (Å²) in [4.78, 5) is 35.2. The van der Waals surface area contributed by atoms with Crippen LogP contribution in [0.1, 0.15) is 24.3 Å². The molecular weight excluding hydrogens is 347 g/mol. The lowest BCUT2D eigenvalue weighted by Gasteiger charge is -2.16. The average Bonchev–Trinajstić information content (AvgIpc) is 3.03. The number of carbonyl (C=O) groups is 3. The van der Waals surface area contributed by atoms with Crippen molar-refractivity contribution in [3.63, 3.8) is 0 Å². The Bertz CT molecular complexity index is 780. The molecule has 0 bridgehead atoms. The highest BCUT2D eigenvalue weighted by molar-refractivity contribution is 7.10. The van der Waals surface area contributed by atoms with Gasteiger partial charge in [0.1, 0.15) is 5.82 Å². The first kappa shape index (κ1) is 18.4. The largest absolute Gasteiger partial charge is 0.352 e. The van der Waals surface area contributed by atoms with Gasteiger partial charge in [0.05, 0.1) is 18.2 Å². The molecule has 1 heterocycles. The molecule has 0 radical (unpaired) electrons.